The lowest BCUT2D eigenvalue weighted by atomic mass is 10.1. The van der Waals surface area contributed by atoms with Crippen LogP contribution in [0.3, 0.4) is 0 Å². The van der Waals surface area contributed by atoms with E-state index < -0.39 is 0 Å². The van der Waals surface area contributed by atoms with Gasteiger partial charge in [0.2, 0.25) is 0 Å². The van der Waals surface area contributed by atoms with Crippen LogP contribution in [0.1, 0.15) is 40.5 Å². The summed E-state index contributed by atoms with van der Waals surface area (Å²) in [6.07, 6.45) is 2.64. The monoisotopic (exact) mass is 244 g/mol. The van der Waals surface area contributed by atoms with Crippen molar-refractivity contribution in [1.29, 1.82) is 0 Å². The van der Waals surface area contributed by atoms with Crippen LogP contribution in [0.4, 0.5) is 0 Å². The van der Waals surface area contributed by atoms with Crippen molar-refractivity contribution in [3.8, 4) is 0 Å². The second-order valence-corrected chi connectivity index (χ2v) is 6.94. The fraction of sp³-hybridized carbons (Fsp3) is 1.00. The van der Waals surface area contributed by atoms with E-state index >= 15 is 0 Å². The minimum absolute atomic E-state index is 0.754. The summed E-state index contributed by atoms with van der Waals surface area (Å²) < 4.78 is 0. The van der Waals surface area contributed by atoms with E-state index in [-0.39, 0.29) is 0 Å². The largest absolute Gasteiger partial charge is 0.317 e. The van der Waals surface area contributed by atoms with Gasteiger partial charge in [-0.3, -0.25) is 4.90 Å². The fourth-order valence-electron chi connectivity index (χ4n) is 2.46. The van der Waals surface area contributed by atoms with Crippen molar-refractivity contribution in [1.82, 2.24) is 10.2 Å². The Morgan fingerprint density at radius 1 is 1.31 bits per heavy atom. The molecule has 1 rings (SSSR count). The van der Waals surface area contributed by atoms with Crippen LogP contribution in [0.25, 0.3) is 0 Å². The molecule has 3 unspecified atom stereocenters. The standard InChI is InChI=1S/C13H28N2S/c1-5-14-8-6-7-11(2)15-9-12(3)16-13(4)10-15/h11-14H,5-10H2,1-4H3. The Hall–Kier alpha value is 0.270. The Balaban J connectivity index is 2.21. The molecule has 0 aliphatic carbocycles. The minimum atomic E-state index is 0.754. The van der Waals surface area contributed by atoms with E-state index in [2.05, 4.69) is 49.7 Å². The first kappa shape index (κ1) is 14.3. The molecule has 3 heteroatoms. The molecule has 1 fully saturated rings. The van der Waals surface area contributed by atoms with Gasteiger partial charge in [0.15, 0.2) is 0 Å². The summed E-state index contributed by atoms with van der Waals surface area (Å²) in [5, 5.41) is 5.01. The van der Waals surface area contributed by atoms with Crippen molar-refractivity contribution in [2.24, 2.45) is 0 Å². The Morgan fingerprint density at radius 2 is 1.94 bits per heavy atom. The highest BCUT2D eigenvalue weighted by atomic mass is 32.2. The van der Waals surface area contributed by atoms with Crippen LogP contribution in [0.5, 0.6) is 0 Å². The molecule has 16 heavy (non-hydrogen) atoms. The Kier molecular flexibility index (Phi) is 6.78. The lowest BCUT2D eigenvalue weighted by Crippen LogP contribution is -2.45. The molecule has 96 valence electrons. The van der Waals surface area contributed by atoms with Crippen LogP contribution in [0, 0.1) is 0 Å². The molecule has 1 N–H and O–H groups in total. The van der Waals surface area contributed by atoms with E-state index in [0.717, 1.165) is 23.1 Å². The van der Waals surface area contributed by atoms with E-state index in [4.69, 9.17) is 0 Å². The highest BCUT2D eigenvalue weighted by molar-refractivity contribution is 8.00. The van der Waals surface area contributed by atoms with Crippen LogP contribution < -0.4 is 5.32 Å². The van der Waals surface area contributed by atoms with Gasteiger partial charge in [-0.25, -0.2) is 0 Å². The van der Waals surface area contributed by atoms with Crippen molar-refractivity contribution in [2.75, 3.05) is 26.2 Å². The summed E-state index contributed by atoms with van der Waals surface area (Å²) in [5.74, 6) is 0. The molecule has 1 aliphatic heterocycles. The summed E-state index contributed by atoms with van der Waals surface area (Å²) in [7, 11) is 0. The van der Waals surface area contributed by atoms with Crippen LogP contribution in [-0.2, 0) is 0 Å². The average molecular weight is 244 g/mol. The van der Waals surface area contributed by atoms with Crippen molar-refractivity contribution in [2.45, 2.75) is 57.1 Å². The molecule has 2 nitrogen and oxygen atoms in total. The highest BCUT2D eigenvalue weighted by Crippen LogP contribution is 2.26. The quantitative estimate of drug-likeness (QED) is 0.723. The normalized spacial score (nSPS) is 29.2. The van der Waals surface area contributed by atoms with Crippen molar-refractivity contribution < 1.29 is 0 Å². The molecular formula is C13H28N2S. The van der Waals surface area contributed by atoms with Gasteiger partial charge in [-0.1, -0.05) is 20.8 Å². The predicted octanol–water partition coefficient (Wildman–Crippen LogP) is 2.59. The third kappa shape index (κ3) is 5.07. The molecule has 0 saturated carbocycles. The lowest BCUT2D eigenvalue weighted by molar-refractivity contribution is 0.195. The van der Waals surface area contributed by atoms with Gasteiger partial charge in [0.1, 0.15) is 0 Å². The maximum Gasteiger partial charge on any atom is 0.0149 e. The number of nitrogens with zero attached hydrogens (tertiary/aromatic N) is 1. The smallest absolute Gasteiger partial charge is 0.0149 e. The molecular weight excluding hydrogens is 216 g/mol. The zero-order chi connectivity index (χ0) is 12.0. The van der Waals surface area contributed by atoms with E-state index in [1.165, 1.54) is 32.5 Å². The SMILES string of the molecule is CCNCCCC(C)N1CC(C)SC(C)C1. The molecule has 3 atom stereocenters. The summed E-state index contributed by atoms with van der Waals surface area (Å²) >= 11 is 2.14. The van der Waals surface area contributed by atoms with Gasteiger partial charge in [-0.15, -0.1) is 0 Å². The maximum atomic E-state index is 3.40. The van der Waals surface area contributed by atoms with Crippen LogP contribution in [0.2, 0.25) is 0 Å². The second kappa shape index (κ2) is 7.57. The van der Waals surface area contributed by atoms with Crippen molar-refractivity contribution >= 4 is 11.8 Å². The van der Waals surface area contributed by atoms with Gasteiger partial charge in [0, 0.05) is 29.6 Å². The predicted molar refractivity (Wildman–Crippen MR) is 75.3 cm³/mol. The van der Waals surface area contributed by atoms with Crippen LogP contribution >= 0.6 is 11.8 Å². The average Bonchev–Trinajstić information content (AvgIpc) is 2.22. The van der Waals surface area contributed by atoms with Crippen LogP contribution in [0.15, 0.2) is 0 Å². The van der Waals surface area contributed by atoms with E-state index in [1.807, 2.05) is 0 Å². The minimum Gasteiger partial charge on any atom is -0.317 e. The van der Waals surface area contributed by atoms with Gasteiger partial charge in [-0.05, 0) is 32.9 Å². The van der Waals surface area contributed by atoms with Gasteiger partial charge in [0.25, 0.3) is 0 Å². The molecule has 0 aromatic rings. The zero-order valence-electron chi connectivity index (χ0n) is 11.3. The molecule has 0 aromatic heterocycles. The first-order chi connectivity index (χ1) is 7.63. The first-order valence-electron chi connectivity index (χ1n) is 6.73. The van der Waals surface area contributed by atoms with Gasteiger partial charge >= 0.3 is 0 Å². The molecule has 1 heterocycles. The number of thioether (sulfide) groups is 1. The molecule has 0 radical (unpaired) electrons. The number of nitrogens with one attached hydrogen (secondary N) is 1. The Morgan fingerprint density at radius 3 is 2.50 bits per heavy atom. The molecule has 0 spiro atoms. The van der Waals surface area contributed by atoms with Crippen molar-refractivity contribution in [3.63, 3.8) is 0 Å². The third-order valence-electron chi connectivity index (χ3n) is 3.30. The lowest BCUT2D eigenvalue weighted by Gasteiger charge is -2.38. The van der Waals surface area contributed by atoms with Gasteiger partial charge in [-0.2, -0.15) is 11.8 Å². The first-order valence-corrected chi connectivity index (χ1v) is 7.68. The molecule has 1 aliphatic rings. The summed E-state index contributed by atoms with van der Waals surface area (Å²) in [5.41, 5.74) is 0. The Labute approximate surface area is 106 Å². The van der Waals surface area contributed by atoms with Crippen molar-refractivity contribution in [3.05, 3.63) is 0 Å². The summed E-state index contributed by atoms with van der Waals surface area (Å²) in [6.45, 7) is 14.1. The summed E-state index contributed by atoms with van der Waals surface area (Å²) in [4.78, 5) is 2.68. The second-order valence-electron chi connectivity index (χ2n) is 5.06. The number of rotatable bonds is 6. The highest BCUT2D eigenvalue weighted by Gasteiger charge is 2.25. The van der Waals surface area contributed by atoms with Crippen LogP contribution in [-0.4, -0.2) is 47.6 Å². The third-order valence-corrected chi connectivity index (χ3v) is 4.52. The Bertz CT molecular complexity index is 177. The number of hydrogen-bond donors (Lipinski definition) is 1. The van der Waals surface area contributed by atoms with E-state index in [0.29, 0.717) is 0 Å². The topological polar surface area (TPSA) is 15.3 Å². The zero-order valence-corrected chi connectivity index (χ0v) is 12.1. The van der Waals surface area contributed by atoms with Gasteiger partial charge < -0.3 is 5.32 Å². The molecule has 1 saturated heterocycles. The molecule has 0 amide bonds. The maximum absolute atomic E-state index is 3.40. The molecule has 0 bridgehead atoms. The van der Waals surface area contributed by atoms with Gasteiger partial charge in [0.05, 0.1) is 0 Å². The summed E-state index contributed by atoms with van der Waals surface area (Å²) in [6, 6.07) is 0.754. The van der Waals surface area contributed by atoms with E-state index in [1.54, 1.807) is 0 Å². The number of hydrogen-bond acceptors (Lipinski definition) is 3. The van der Waals surface area contributed by atoms with E-state index in [9.17, 15) is 0 Å². The molecule has 0 aromatic carbocycles. The fourth-order valence-corrected chi connectivity index (χ4v) is 3.81.